The topological polar surface area (TPSA) is 72.9 Å². The lowest BCUT2D eigenvalue weighted by Gasteiger charge is -2.56. The van der Waals surface area contributed by atoms with Gasteiger partial charge in [0.2, 0.25) is 0 Å². The summed E-state index contributed by atoms with van der Waals surface area (Å²) >= 11 is 0. The van der Waals surface area contributed by atoms with E-state index in [-0.39, 0.29) is 35.0 Å². The normalized spacial score (nSPS) is 25.3. The van der Waals surface area contributed by atoms with Crippen LogP contribution in [0.4, 0.5) is 13.2 Å². The Morgan fingerprint density at radius 3 is 2.54 bits per heavy atom. The van der Waals surface area contributed by atoms with Crippen molar-refractivity contribution < 1.29 is 35.3 Å². The minimum atomic E-state index is -5.75. The molecule has 4 rings (SSSR count). The van der Waals surface area contributed by atoms with E-state index >= 15 is 0 Å². The standard InChI is InChI=1S/C27H32F3NO5S/c1-19-24-12-7-13-26(19,22-10-6-11-23(17-22)36-37(33,34)27(28,29)30)14-15-31(24)18-21(25(32)35-2)16-20-8-4-3-5-9-20/h3-6,8-11,17,19,21,24H,7,12-16,18H2,1-2H3. The number of hydrogen-bond acceptors (Lipinski definition) is 6. The predicted octanol–water partition coefficient (Wildman–Crippen LogP) is 5.08. The zero-order valence-corrected chi connectivity index (χ0v) is 21.7. The lowest BCUT2D eigenvalue weighted by atomic mass is 9.57. The van der Waals surface area contributed by atoms with Gasteiger partial charge in [0.25, 0.3) is 0 Å². The number of benzene rings is 2. The van der Waals surface area contributed by atoms with Gasteiger partial charge in [-0.05, 0) is 61.4 Å². The SMILES string of the molecule is COC(=O)C(Cc1ccccc1)CN1CCC2(c3cccc(OS(=O)(=O)C(F)(F)F)c3)CCCC1C2C. The van der Waals surface area contributed by atoms with Crippen molar-refractivity contribution in [1.29, 1.82) is 0 Å². The van der Waals surface area contributed by atoms with Crippen molar-refractivity contribution in [2.45, 2.75) is 56.0 Å². The Labute approximate surface area is 215 Å². The number of methoxy groups -OCH3 is 1. The minimum Gasteiger partial charge on any atom is -0.469 e. The smallest absolute Gasteiger partial charge is 0.469 e. The molecule has 4 atom stereocenters. The molecule has 1 heterocycles. The molecule has 6 nitrogen and oxygen atoms in total. The maximum atomic E-state index is 12.9. The fourth-order valence-electron chi connectivity index (χ4n) is 6.21. The molecule has 1 saturated carbocycles. The summed E-state index contributed by atoms with van der Waals surface area (Å²) in [6.07, 6.45) is 4.01. The van der Waals surface area contributed by atoms with E-state index in [2.05, 4.69) is 16.0 Å². The van der Waals surface area contributed by atoms with Gasteiger partial charge in [-0.1, -0.05) is 55.8 Å². The van der Waals surface area contributed by atoms with E-state index in [1.165, 1.54) is 19.2 Å². The van der Waals surface area contributed by atoms with Crippen LogP contribution in [0, 0.1) is 11.8 Å². The maximum Gasteiger partial charge on any atom is 0.534 e. The number of rotatable bonds is 8. The quantitative estimate of drug-likeness (QED) is 0.265. The number of nitrogens with zero attached hydrogens (tertiary/aromatic N) is 1. The second-order valence-electron chi connectivity index (χ2n) is 10.1. The first-order chi connectivity index (χ1) is 17.5. The van der Waals surface area contributed by atoms with Gasteiger partial charge in [0.05, 0.1) is 13.0 Å². The average molecular weight is 540 g/mol. The highest BCUT2D eigenvalue weighted by molar-refractivity contribution is 7.88. The maximum absolute atomic E-state index is 12.9. The van der Waals surface area contributed by atoms with E-state index in [0.29, 0.717) is 19.5 Å². The fraction of sp³-hybridized carbons (Fsp3) is 0.519. The number of carbonyl (C=O) groups excluding carboxylic acids is 1. The fourth-order valence-corrected chi connectivity index (χ4v) is 6.67. The van der Waals surface area contributed by atoms with Gasteiger partial charge in [-0.15, -0.1) is 0 Å². The summed E-state index contributed by atoms with van der Waals surface area (Å²) in [5.41, 5.74) is -3.97. The van der Waals surface area contributed by atoms with Crippen LogP contribution in [0.2, 0.25) is 0 Å². The van der Waals surface area contributed by atoms with Gasteiger partial charge in [0.1, 0.15) is 5.75 Å². The predicted molar refractivity (Wildman–Crippen MR) is 132 cm³/mol. The summed E-state index contributed by atoms with van der Waals surface area (Å²) in [6.45, 7) is 3.41. The van der Waals surface area contributed by atoms with E-state index in [1.807, 2.05) is 36.4 Å². The number of likely N-dealkylation sites (tertiary alicyclic amines) is 1. The van der Waals surface area contributed by atoms with Crippen LogP contribution in [0.5, 0.6) is 5.75 Å². The van der Waals surface area contributed by atoms with Crippen molar-refractivity contribution in [3.8, 4) is 5.75 Å². The number of ether oxygens (including phenoxy) is 1. The van der Waals surface area contributed by atoms with E-state index in [0.717, 1.165) is 36.8 Å². The van der Waals surface area contributed by atoms with E-state index < -0.39 is 15.6 Å². The van der Waals surface area contributed by atoms with Crippen LogP contribution in [-0.4, -0.2) is 51.0 Å². The molecule has 2 bridgehead atoms. The number of esters is 1. The van der Waals surface area contributed by atoms with Gasteiger partial charge in [-0.2, -0.15) is 21.6 Å². The molecule has 2 aromatic carbocycles. The van der Waals surface area contributed by atoms with Crippen LogP contribution in [0.15, 0.2) is 54.6 Å². The number of carbonyl (C=O) groups is 1. The first-order valence-corrected chi connectivity index (χ1v) is 13.8. The van der Waals surface area contributed by atoms with Crippen LogP contribution in [0.3, 0.4) is 0 Å². The first-order valence-electron chi connectivity index (χ1n) is 12.4. The van der Waals surface area contributed by atoms with Crippen LogP contribution >= 0.6 is 0 Å². The van der Waals surface area contributed by atoms with Crippen LogP contribution < -0.4 is 4.18 Å². The summed E-state index contributed by atoms with van der Waals surface area (Å²) in [5, 5.41) is 0. The summed E-state index contributed by atoms with van der Waals surface area (Å²) < 4.78 is 71.2. The molecule has 4 unspecified atom stereocenters. The number of alkyl halides is 3. The molecular formula is C27H32F3NO5S. The first kappa shape index (κ1) is 27.4. The third-order valence-corrected chi connectivity index (χ3v) is 9.08. The molecule has 0 amide bonds. The summed E-state index contributed by atoms with van der Waals surface area (Å²) in [6, 6.07) is 16.0. The minimum absolute atomic E-state index is 0.138. The van der Waals surface area contributed by atoms with E-state index in [9.17, 15) is 26.4 Å². The van der Waals surface area contributed by atoms with Crippen LogP contribution in [0.1, 0.15) is 43.7 Å². The Hall–Kier alpha value is -2.59. The zero-order chi connectivity index (χ0) is 26.8. The molecule has 0 radical (unpaired) electrons. The monoisotopic (exact) mass is 539 g/mol. The molecule has 2 fully saturated rings. The number of hydrogen-bond donors (Lipinski definition) is 0. The highest BCUT2D eigenvalue weighted by Gasteiger charge is 2.51. The highest BCUT2D eigenvalue weighted by atomic mass is 32.2. The molecule has 1 aliphatic carbocycles. The molecule has 2 aliphatic rings. The molecule has 2 aromatic rings. The molecule has 0 aromatic heterocycles. The summed E-state index contributed by atoms with van der Waals surface area (Å²) in [4.78, 5) is 15.0. The Balaban J connectivity index is 1.55. The molecule has 1 aliphatic heterocycles. The van der Waals surface area contributed by atoms with E-state index in [4.69, 9.17) is 4.74 Å². The summed E-state index contributed by atoms with van der Waals surface area (Å²) in [7, 11) is -4.34. The van der Waals surface area contributed by atoms with Gasteiger partial charge < -0.3 is 8.92 Å². The van der Waals surface area contributed by atoms with Crippen molar-refractivity contribution in [2.24, 2.45) is 11.8 Å². The molecule has 0 spiro atoms. The van der Waals surface area contributed by atoms with Crippen molar-refractivity contribution in [3.63, 3.8) is 0 Å². The van der Waals surface area contributed by atoms with Gasteiger partial charge in [0, 0.05) is 18.0 Å². The lowest BCUT2D eigenvalue weighted by Crippen LogP contribution is -2.58. The Morgan fingerprint density at radius 1 is 1.14 bits per heavy atom. The van der Waals surface area contributed by atoms with Gasteiger partial charge in [-0.25, -0.2) is 0 Å². The second kappa shape index (κ2) is 10.6. The Morgan fingerprint density at radius 2 is 1.86 bits per heavy atom. The molecule has 10 heteroatoms. The van der Waals surface area contributed by atoms with Crippen LogP contribution in [0.25, 0.3) is 0 Å². The van der Waals surface area contributed by atoms with Crippen molar-refractivity contribution in [1.82, 2.24) is 4.90 Å². The zero-order valence-electron chi connectivity index (χ0n) is 20.9. The van der Waals surface area contributed by atoms with Crippen molar-refractivity contribution in [2.75, 3.05) is 20.2 Å². The molecule has 1 saturated heterocycles. The lowest BCUT2D eigenvalue weighted by molar-refractivity contribution is -0.147. The number of fused-ring (bicyclic) bond motifs is 2. The van der Waals surface area contributed by atoms with Gasteiger partial charge in [0.15, 0.2) is 0 Å². The summed E-state index contributed by atoms with van der Waals surface area (Å²) in [5.74, 6) is -0.771. The highest BCUT2D eigenvalue weighted by Crippen LogP contribution is 2.51. The van der Waals surface area contributed by atoms with Crippen molar-refractivity contribution >= 4 is 16.1 Å². The van der Waals surface area contributed by atoms with E-state index in [1.54, 1.807) is 6.07 Å². The second-order valence-corrected chi connectivity index (χ2v) is 11.6. The van der Waals surface area contributed by atoms with Gasteiger partial charge >= 0.3 is 21.6 Å². The average Bonchev–Trinajstić information content (AvgIpc) is 2.85. The molecular weight excluding hydrogens is 507 g/mol. The van der Waals surface area contributed by atoms with Crippen molar-refractivity contribution in [3.05, 3.63) is 65.7 Å². The Bertz CT molecular complexity index is 1200. The third kappa shape index (κ3) is 5.65. The van der Waals surface area contributed by atoms with Crippen LogP contribution in [-0.2, 0) is 31.5 Å². The molecule has 37 heavy (non-hydrogen) atoms. The molecule has 202 valence electrons. The number of halogens is 3. The third-order valence-electron chi connectivity index (χ3n) is 8.10. The largest absolute Gasteiger partial charge is 0.534 e. The number of piperidine rings is 1. The van der Waals surface area contributed by atoms with Gasteiger partial charge in [-0.3, -0.25) is 9.69 Å². The molecule has 0 N–H and O–H groups in total. The Kier molecular flexibility index (Phi) is 7.90.